The SMILES string of the molecule is Cc1nn(CC(=O)N(C)C2CCCC2)c(=O)c2ccccc12. The van der Waals surface area contributed by atoms with Gasteiger partial charge >= 0.3 is 0 Å². The minimum atomic E-state index is -0.200. The average Bonchev–Trinajstić information content (AvgIpc) is 3.06. The predicted molar refractivity (Wildman–Crippen MR) is 85.8 cm³/mol. The van der Waals surface area contributed by atoms with Crippen molar-refractivity contribution in [3.63, 3.8) is 0 Å². The maximum Gasteiger partial charge on any atom is 0.275 e. The zero-order valence-corrected chi connectivity index (χ0v) is 13.1. The summed E-state index contributed by atoms with van der Waals surface area (Å²) < 4.78 is 1.30. The number of carbonyl (C=O) groups is 1. The molecular weight excluding hydrogens is 278 g/mol. The molecule has 116 valence electrons. The molecule has 3 rings (SSSR count). The van der Waals surface area contributed by atoms with Crippen LogP contribution in [0.2, 0.25) is 0 Å². The van der Waals surface area contributed by atoms with Crippen LogP contribution in [0.25, 0.3) is 10.8 Å². The topological polar surface area (TPSA) is 55.2 Å². The first-order valence-electron chi connectivity index (χ1n) is 7.80. The standard InChI is InChI=1S/C17H21N3O2/c1-12-14-9-5-6-10-15(14)17(22)20(18-12)11-16(21)19(2)13-7-3-4-8-13/h5-6,9-10,13H,3-4,7-8,11H2,1-2H3. The zero-order valence-electron chi connectivity index (χ0n) is 13.1. The van der Waals surface area contributed by atoms with Crippen LogP contribution >= 0.6 is 0 Å². The van der Waals surface area contributed by atoms with Crippen molar-refractivity contribution in [2.45, 2.75) is 45.2 Å². The molecule has 1 heterocycles. The summed E-state index contributed by atoms with van der Waals surface area (Å²) in [4.78, 5) is 26.7. The van der Waals surface area contributed by atoms with E-state index in [1.807, 2.05) is 32.2 Å². The van der Waals surface area contributed by atoms with E-state index in [2.05, 4.69) is 5.10 Å². The molecule has 0 atom stereocenters. The van der Waals surface area contributed by atoms with Crippen molar-refractivity contribution < 1.29 is 4.79 Å². The van der Waals surface area contributed by atoms with Crippen LogP contribution in [0.4, 0.5) is 0 Å². The summed E-state index contributed by atoms with van der Waals surface area (Å²) in [6.45, 7) is 1.88. The highest BCUT2D eigenvalue weighted by Gasteiger charge is 2.24. The Morgan fingerprint density at radius 3 is 2.59 bits per heavy atom. The maximum atomic E-state index is 12.5. The largest absolute Gasteiger partial charge is 0.341 e. The van der Waals surface area contributed by atoms with Crippen molar-refractivity contribution in [1.29, 1.82) is 0 Å². The summed E-state index contributed by atoms with van der Waals surface area (Å²) in [5.74, 6) is -0.0452. The molecule has 0 N–H and O–H groups in total. The third-order valence-electron chi connectivity index (χ3n) is 4.60. The van der Waals surface area contributed by atoms with Crippen molar-refractivity contribution in [3.05, 3.63) is 40.3 Å². The molecule has 2 aromatic rings. The third-order valence-corrected chi connectivity index (χ3v) is 4.60. The van der Waals surface area contributed by atoms with Crippen LogP contribution in [-0.2, 0) is 11.3 Å². The Labute approximate surface area is 129 Å². The number of carbonyl (C=O) groups excluding carboxylic acids is 1. The van der Waals surface area contributed by atoms with Crippen molar-refractivity contribution in [2.24, 2.45) is 0 Å². The Hall–Kier alpha value is -2.17. The lowest BCUT2D eigenvalue weighted by Gasteiger charge is -2.24. The molecule has 1 aromatic heterocycles. The van der Waals surface area contributed by atoms with Crippen LogP contribution in [0, 0.1) is 6.92 Å². The molecule has 1 saturated carbocycles. The number of aryl methyl sites for hydroxylation is 1. The van der Waals surface area contributed by atoms with Gasteiger partial charge in [-0.2, -0.15) is 5.10 Å². The third kappa shape index (κ3) is 2.63. The van der Waals surface area contributed by atoms with E-state index in [1.54, 1.807) is 11.0 Å². The van der Waals surface area contributed by atoms with Gasteiger partial charge < -0.3 is 4.90 Å². The molecule has 5 nitrogen and oxygen atoms in total. The number of fused-ring (bicyclic) bond motifs is 1. The molecule has 1 amide bonds. The molecule has 1 aromatic carbocycles. The monoisotopic (exact) mass is 299 g/mol. The van der Waals surface area contributed by atoms with Crippen LogP contribution in [0.3, 0.4) is 0 Å². The van der Waals surface area contributed by atoms with Gasteiger partial charge in [-0.15, -0.1) is 0 Å². The summed E-state index contributed by atoms with van der Waals surface area (Å²) in [7, 11) is 1.83. The number of likely N-dealkylation sites (N-methyl/N-ethyl adjacent to an activating group) is 1. The Kier molecular flexibility index (Phi) is 3.96. The first-order chi connectivity index (χ1) is 10.6. The molecule has 0 saturated heterocycles. The molecule has 0 unspecified atom stereocenters. The predicted octanol–water partition coefficient (Wildman–Crippen LogP) is 2.11. The summed E-state index contributed by atoms with van der Waals surface area (Å²) in [6, 6.07) is 7.70. The second kappa shape index (κ2) is 5.91. The molecular formula is C17H21N3O2. The van der Waals surface area contributed by atoms with Gasteiger partial charge in [0.15, 0.2) is 0 Å². The Bertz CT molecular complexity index is 760. The molecule has 1 aliphatic carbocycles. The number of nitrogens with zero attached hydrogens (tertiary/aromatic N) is 3. The second-order valence-electron chi connectivity index (χ2n) is 6.04. The minimum Gasteiger partial charge on any atom is -0.341 e. The van der Waals surface area contributed by atoms with Crippen LogP contribution in [-0.4, -0.2) is 33.7 Å². The first kappa shape index (κ1) is 14.8. The van der Waals surface area contributed by atoms with Crippen LogP contribution in [0.5, 0.6) is 0 Å². The highest BCUT2D eigenvalue weighted by molar-refractivity contribution is 5.83. The van der Waals surface area contributed by atoms with Crippen molar-refractivity contribution in [1.82, 2.24) is 14.7 Å². The van der Waals surface area contributed by atoms with E-state index in [-0.39, 0.29) is 18.0 Å². The highest BCUT2D eigenvalue weighted by atomic mass is 16.2. The minimum absolute atomic E-state index is 0.0114. The van der Waals surface area contributed by atoms with Gasteiger partial charge in [0.2, 0.25) is 5.91 Å². The van der Waals surface area contributed by atoms with Crippen molar-refractivity contribution >= 4 is 16.7 Å². The molecule has 0 radical (unpaired) electrons. The summed E-state index contributed by atoms with van der Waals surface area (Å²) in [5.41, 5.74) is 0.570. The Morgan fingerprint density at radius 1 is 1.27 bits per heavy atom. The smallest absolute Gasteiger partial charge is 0.275 e. The molecule has 22 heavy (non-hydrogen) atoms. The van der Waals surface area contributed by atoms with E-state index < -0.39 is 0 Å². The van der Waals surface area contributed by atoms with Gasteiger partial charge in [0.25, 0.3) is 5.56 Å². The van der Waals surface area contributed by atoms with Crippen LogP contribution < -0.4 is 5.56 Å². The number of benzene rings is 1. The Balaban J connectivity index is 1.89. The normalized spacial score (nSPS) is 15.4. The zero-order chi connectivity index (χ0) is 15.7. The van der Waals surface area contributed by atoms with Crippen molar-refractivity contribution in [3.8, 4) is 0 Å². The van der Waals surface area contributed by atoms with Gasteiger partial charge in [0.1, 0.15) is 6.54 Å². The lowest BCUT2D eigenvalue weighted by atomic mass is 10.1. The van der Waals surface area contributed by atoms with Gasteiger partial charge in [-0.25, -0.2) is 4.68 Å². The summed E-state index contributed by atoms with van der Waals surface area (Å²) >= 11 is 0. The summed E-state index contributed by atoms with van der Waals surface area (Å²) in [5, 5.41) is 5.77. The first-order valence-corrected chi connectivity index (χ1v) is 7.80. The second-order valence-corrected chi connectivity index (χ2v) is 6.04. The van der Waals surface area contributed by atoms with E-state index in [1.165, 1.54) is 17.5 Å². The van der Waals surface area contributed by atoms with E-state index in [9.17, 15) is 9.59 Å². The van der Waals surface area contributed by atoms with E-state index in [4.69, 9.17) is 0 Å². The lowest BCUT2D eigenvalue weighted by Crippen LogP contribution is -2.40. The lowest BCUT2D eigenvalue weighted by molar-refractivity contribution is -0.132. The number of amides is 1. The van der Waals surface area contributed by atoms with Crippen LogP contribution in [0.1, 0.15) is 31.4 Å². The maximum absolute atomic E-state index is 12.5. The van der Waals surface area contributed by atoms with E-state index in [0.717, 1.165) is 23.9 Å². The molecule has 5 heteroatoms. The van der Waals surface area contributed by atoms with Crippen molar-refractivity contribution in [2.75, 3.05) is 7.05 Å². The number of hydrogen-bond acceptors (Lipinski definition) is 3. The van der Waals surface area contributed by atoms with Gasteiger partial charge in [-0.05, 0) is 25.8 Å². The van der Waals surface area contributed by atoms with E-state index in [0.29, 0.717) is 11.4 Å². The number of hydrogen-bond donors (Lipinski definition) is 0. The Morgan fingerprint density at radius 2 is 1.91 bits per heavy atom. The fourth-order valence-electron chi connectivity index (χ4n) is 3.25. The number of aromatic nitrogens is 2. The van der Waals surface area contributed by atoms with Gasteiger partial charge in [-0.3, -0.25) is 9.59 Å². The quantitative estimate of drug-likeness (QED) is 0.872. The fraction of sp³-hybridized carbons (Fsp3) is 0.471. The fourth-order valence-corrected chi connectivity index (χ4v) is 3.25. The highest BCUT2D eigenvalue weighted by Crippen LogP contribution is 2.22. The molecule has 0 bridgehead atoms. The van der Waals surface area contributed by atoms with Gasteiger partial charge in [-0.1, -0.05) is 31.0 Å². The molecule has 1 aliphatic rings. The average molecular weight is 299 g/mol. The molecule has 0 aliphatic heterocycles. The number of rotatable bonds is 3. The van der Waals surface area contributed by atoms with Crippen LogP contribution in [0.15, 0.2) is 29.1 Å². The van der Waals surface area contributed by atoms with Gasteiger partial charge in [0.05, 0.1) is 11.1 Å². The van der Waals surface area contributed by atoms with Gasteiger partial charge in [0, 0.05) is 18.5 Å². The molecule has 0 spiro atoms. The van der Waals surface area contributed by atoms with E-state index >= 15 is 0 Å². The molecule has 1 fully saturated rings. The summed E-state index contributed by atoms with van der Waals surface area (Å²) in [6.07, 6.45) is 4.47.